The van der Waals surface area contributed by atoms with Gasteiger partial charge in [0, 0.05) is 16.3 Å². The molecule has 0 spiro atoms. The molecule has 0 fully saturated rings. The second-order valence-corrected chi connectivity index (χ2v) is 4.85. The van der Waals surface area contributed by atoms with Crippen molar-refractivity contribution in [3.63, 3.8) is 0 Å². The quantitative estimate of drug-likeness (QED) is 0.861. The number of nitrogens with one attached hydrogen (secondary N) is 1. The minimum Gasteiger partial charge on any atom is -0.343 e. The van der Waals surface area contributed by atoms with Crippen molar-refractivity contribution in [1.82, 2.24) is 15.5 Å². The van der Waals surface area contributed by atoms with Gasteiger partial charge in [0.15, 0.2) is 5.82 Å². The highest BCUT2D eigenvalue weighted by Gasteiger charge is 2.03. The molecular weight excluding hydrogens is 210 g/mol. The molecule has 0 unspecified atom stereocenters. The van der Waals surface area contributed by atoms with Crippen molar-refractivity contribution in [3.05, 3.63) is 33.6 Å². The molecule has 1 N–H and O–H groups in total. The summed E-state index contributed by atoms with van der Waals surface area (Å²) in [5.74, 6) is 0.694. The molecule has 5 heteroatoms. The Morgan fingerprint density at radius 2 is 2.27 bits per heavy atom. The fourth-order valence-corrected chi connectivity index (χ4v) is 2.38. The molecule has 2 heterocycles. The Hall–Kier alpha value is -1.20. The van der Waals surface area contributed by atoms with Crippen LogP contribution in [0.2, 0.25) is 0 Å². The van der Waals surface area contributed by atoms with Gasteiger partial charge in [0.05, 0.1) is 6.54 Å². The molecule has 0 aliphatic carbocycles. The molecule has 2 aromatic rings. The molecule has 4 nitrogen and oxygen atoms in total. The molecule has 0 aromatic carbocycles. The average Bonchev–Trinajstić information content (AvgIpc) is 2.77. The first-order valence-electron chi connectivity index (χ1n) is 4.77. The number of nitrogens with zero attached hydrogens (tertiary/aromatic N) is 2. The van der Waals surface area contributed by atoms with E-state index in [4.69, 9.17) is 0 Å². The van der Waals surface area contributed by atoms with Gasteiger partial charge in [-0.25, -0.2) is 0 Å². The molecule has 0 radical (unpaired) electrons. The number of hydrogen-bond acceptors (Lipinski definition) is 5. The van der Waals surface area contributed by atoms with Crippen LogP contribution in [-0.2, 0) is 13.1 Å². The van der Waals surface area contributed by atoms with Crippen LogP contribution in [0.5, 0.6) is 0 Å². The van der Waals surface area contributed by atoms with E-state index in [0.717, 1.165) is 6.54 Å². The van der Waals surface area contributed by atoms with E-state index in [0.29, 0.717) is 12.4 Å². The van der Waals surface area contributed by atoms with Gasteiger partial charge in [0.1, 0.15) is 0 Å². The van der Waals surface area contributed by atoms with Crippen LogP contribution in [0.15, 0.2) is 17.0 Å². The third-order valence-corrected chi connectivity index (χ3v) is 3.16. The van der Waals surface area contributed by atoms with Crippen LogP contribution >= 0.6 is 11.3 Å². The van der Waals surface area contributed by atoms with Gasteiger partial charge in [0.25, 0.3) is 0 Å². The fraction of sp³-hybridized carbons (Fsp3) is 0.400. The van der Waals surface area contributed by atoms with E-state index in [9.17, 15) is 0 Å². The summed E-state index contributed by atoms with van der Waals surface area (Å²) < 4.78 is 4.65. The number of aromatic nitrogens is 2. The van der Waals surface area contributed by atoms with Crippen LogP contribution in [0.25, 0.3) is 0 Å². The van der Waals surface area contributed by atoms with Crippen molar-refractivity contribution >= 4 is 11.3 Å². The lowest BCUT2D eigenvalue weighted by molar-refractivity contribution is 0.407. The molecule has 0 atom stereocenters. The van der Waals surface area contributed by atoms with E-state index in [1.54, 1.807) is 0 Å². The minimum atomic E-state index is 0.644. The van der Waals surface area contributed by atoms with Gasteiger partial charge in [-0.3, -0.25) is 0 Å². The van der Waals surface area contributed by atoms with Crippen LogP contribution in [-0.4, -0.2) is 10.1 Å². The van der Waals surface area contributed by atoms with Crippen LogP contribution in [0.4, 0.5) is 0 Å². The summed E-state index contributed by atoms with van der Waals surface area (Å²) in [7, 11) is 0. The zero-order chi connectivity index (χ0) is 10.7. The molecule has 0 saturated carbocycles. The van der Waals surface area contributed by atoms with Gasteiger partial charge in [0.2, 0.25) is 6.39 Å². The van der Waals surface area contributed by atoms with Gasteiger partial charge in [-0.15, -0.1) is 11.3 Å². The Morgan fingerprint density at radius 3 is 2.87 bits per heavy atom. The Morgan fingerprint density at radius 1 is 1.40 bits per heavy atom. The summed E-state index contributed by atoms with van der Waals surface area (Å²) >= 11 is 1.83. The fourth-order valence-electron chi connectivity index (χ4n) is 1.44. The van der Waals surface area contributed by atoms with Gasteiger partial charge < -0.3 is 9.84 Å². The number of aryl methyl sites for hydroxylation is 2. The van der Waals surface area contributed by atoms with Crippen molar-refractivity contribution in [2.75, 3.05) is 0 Å². The number of hydrogen-bond donors (Lipinski definition) is 1. The van der Waals surface area contributed by atoms with Crippen LogP contribution < -0.4 is 5.32 Å². The largest absolute Gasteiger partial charge is 0.343 e. The second-order valence-electron chi connectivity index (χ2n) is 3.39. The lowest BCUT2D eigenvalue weighted by atomic mass is 10.2. The van der Waals surface area contributed by atoms with Crippen molar-refractivity contribution in [3.8, 4) is 0 Å². The Bertz CT molecular complexity index is 422. The monoisotopic (exact) mass is 223 g/mol. The highest BCUT2D eigenvalue weighted by atomic mass is 32.1. The molecule has 80 valence electrons. The van der Waals surface area contributed by atoms with Gasteiger partial charge in [-0.2, -0.15) is 4.98 Å². The van der Waals surface area contributed by atoms with Crippen molar-refractivity contribution < 1.29 is 4.52 Å². The number of rotatable bonds is 4. The van der Waals surface area contributed by atoms with E-state index >= 15 is 0 Å². The molecule has 15 heavy (non-hydrogen) atoms. The maximum absolute atomic E-state index is 4.65. The first-order chi connectivity index (χ1) is 7.25. The topological polar surface area (TPSA) is 51.0 Å². The molecule has 2 aromatic heterocycles. The Labute approximate surface area is 92.3 Å². The standard InChI is InChI=1S/C10H13N3OS/c1-7-3-9(8(2)15-7)4-11-5-10-12-6-14-13-10/h3,6,11H,4-5H2,1-2H3. The molecule has 0 aliphatic heterocycles. The summed E-state index contributed by atoms with van der Waals surface area (Å²) in [5, 5.41) is 7.01. The summed E-state index contributed by atoms with van der Waals surface area (Å²) in [4.78, 5) is 6.66. The maximum Gasteiger partial charge on any atom is 0.213 e. The highest BCUT2D eigenvalue weighted by molar-refractivity contribution is 7.12. The van der Waals surface area contributed by atoms with Gasteiger partial charge in [-0.1, -0.05) is 5.16 Å². The number of thiophene rings is 1. The highest BCUT2D eigenvalue weighted by Crippen LogP contribution is 2.20. The summed E-state index contributed by atoms with van der Waals surface area (Å²) in [5.41, 5.74) is 1.35. The van der Waals surface area contributed by atoms with Crippen LogP contribution in [0.3, 0.4) is 0 Å². The molecule has 0 saturated heterocycles. The average molecular weight is 223 g/mol. The third-order valence-electron chi connectivity index (χ3n) is 2.15. The molecule has 0 bridgehead atoms. The smallest absolute Gasteiger partial charge is 0.213 e. The zero-order valence-electron chi connectivity index (χ0n) is 8.78. The first kappa shape index (κ1) is 10.3. The van der Waals surface area contributed by atoms with Crippen LogP contribution in [0.1, 0.15) is 21.1 Å². The minimum absolute atomic E-state index is 0.644. The van der Waals surface area contributed by atoms with Gasteiger partial charge >= 0.3 is 0 Å². The maximum atomic E-state index is 4.65. The third kappa shape index (κ3) is 2.64. The summed E-state index contributed by atoms with van der Waals surface area (Å²) in [6.07, 6.45) is 1.34. The molecule has 0 aliphatic rings. The van der Waals surface area contributed by atoms with Crippen LogP contribution in [0, 0.1) is 13.8 Å². The van der Waals surface area contributed by atoms with E-state index in [1.165, 1.54) is 21.7 Å². The SMILES string of the molecule is Cc1cc(CNCc2ncon2)c(C)s1. The predicted molar refractivity (Wildman–Crippen MR) is 58.6 cm³/mol. The summed E-state index contributed by atoms with van der Waals surface area (Å²) in [6, 6.07) is 2.21. The van der Waals surface area contributed by atoms with Crippen molar-refractivity contribution in [2.45, 2.75) is 26.9 Å². The van der Waals surface area contributed by atoms with Crippen molar-refractivity contribution in [1.29, 1.82) is 0 Å². The second kappa shape index (κ2) is 4.55. The summed E-state index contributed by atoms with van der Waals surface area (Å²) in [6.45, 7) is 5.76. The van der Waals surface area contributed by atoms with Crippen molar-refractivity contribution in [2.24, 2.45) is 0 Å². The lowest BCUT2D eigenvalue weighted by Gasteiger charge is -2.00. The zero-order valence-corrected chi connectivity index (χ0v) is 9.60. The first-order valence-corrected chi connectivity index (χ1v) is 5.59. The Balaban J connectivity index is 1.86. The lowest BCUT2D eigenvalue weighted by Crippen LogP contribution is -2.13. The molecule has 2 rings (SSSR count). The van der Waals surface area contributed by atoms with Gasteiger partial charge in [-0.05, 0) is 25.5 Å². The van der Waals surface area contributed by atoms with E-state index in [2.05, 4.69) is 39.9 Å². The normalized spacial score (nSPS) is 10.8. The molecular formula is C10H13N3OS. The molecule has 0 amide bonds. The Kier molecular flexibility index (Phi) is 3.13. The van der Waals surface area contributed by atoms with E-state index in [1.807, 2.05) is 11.3 Å². The van der Waals surface area contributed by atoms with E-state index in [-0.39, 0.29) is 0 Å². The van der Waals surface area contributed by atoms with E-state index < -0.39 is 0 Å². The predicted octanol–water partition coefficient (Wildman–Crippen LogP) is 2.04.